The number of aromatic hydroxyl groups is 3. The Morgan fingerprint density at radius 3 is 2.00 bits per heavy atom. The summed E-state index contributed by atoms with van der Waals surface area (Å²) in [4.78, 5) is 0. The second-order valence-electron chi connectivity index (χ2n) is 3.14. The highest BCUT2D eigenvalue weighted by Crippen LogP contribution is 2.44. The first-order valence-corrected chi connectivity index (χ1v) is 4.15. The lowest BCUT2D eigenvalue weighted by atomic mass is 10.1. The van der Waals surface area contributed by atoms with Crippen LogP contribution in [0.5, 0.6) is 17.2 Å². The van der Waals surface area contributed by atoms with E-state index in [1.54, 1.807) is 0 Å². The van der Waals surface area contributed by atoms with Gasteiger partial charge in [0.15, 0.2) is 29.0 Å². The van der Waals surface area contributed by atoms with Gasteiger partial charge in [0.2, 0.25) is 5.75 Å². The van der Waals surface area contributed by atoms with Gasteiger partial charge in [0.25, 0.3) is 0 Å². The van der Waals surface area contributed by atoms with Gasteiger partial charge in [0.1, 0.15) is 0 Å². The van der Waals surface area contributed by atoms with Gasteiger partial charge in [-0.1, -0.05) is 0 Å². The van der Waals surface area contributed by atoms with Crippen molar-refractivity contribution in [2.75, 3.05) is 0 Å². The molecule has 2 aromatic rings. The van der Waals surface area contributed by atoms with Crippen LogP contribution >= 0.6 is 0 Å². The van der Waals surface area contributed by atoms with E-state index in [0.717, 1.165) is 6.07 Å². The molecule has 0 aliphatic carbocycles. The smallest absolute Gasteiger partial charge is 0.204 e. The fourth-order valence-electron chi connectivity index (χ4n) is 1.42. The SMILES string of the molecule is Oc1c(O)c(F)c2c(F)c(F)ccc2c1O. The normalized spacial score (nSPS) is 10.9. The maximum Gasteiger partial charge on any atom is 0.204 e. The third-order valence-electron chi connectivity index (χ3n) is 2.23. The van der Waals surface area contributed by atoms with E-state index in [-0.39, 0.29) is 0 Å². The molecule has 0 bridgehead atoms. The van der Waals surface area contributed by atoms with Gasteiger partial charge in [-0.2, -0.15) is 0 Å². The van der Waals surface area contributed by atoms with Crippen LogP contribution in [-0.2, 0) is 0 Å². The molecule has 2 aromatic carbocycles. The number of hydrogen-bond acceptors (Lipinski definition) is 3. The van der Waals surface area contributed by atoms with Gasteiger partial charge in [-0.3, -0.25) is 0 Å². The molecule has 0 aromatic heterocycles. The first-order chi connectivity index (χ1) is 7.45. The zero-order chi connectivity index (χ0) is 12.0. The van der Waals surface area contributed by atoms with Crippen LogP contribution in [0.15, 0.2) is 12.1 Å². The molecule has 0 heterocycles. The number of rotatable bonds is 0. The number of phenols is 3. The van der Waals surface area contributed by atoms with E-state index < -0.39 is 45.5 Å². The summed E-state index contributed by atoms with van der Waals surface area (Å²) >= 11 is 0. The molecule has 0 aliphatic heterocycles. The minimum absolute atomic E-state index is 0.424. The molecular weight excluding hydrogens is 225 g/mol. The first-order valence-electron chi connectivity index (χ1n) is 4.15. The van der Waals surface area contributed by atoms with Crippen LogP contribution in [-0.4, -0.2) is 15.3 Å². The highest BCUT2D eigenvalue weighted by molar-refractivity contribution is 5.93. The van der Waals surface area contributed by atoms with Gasteiger partial charge in [-0.05, 0) is 12.1 Å². The topological polar surface area (TPSA) is 60.7 Å². The first kappa shape index (κ1) is 10.4. The molecule has 0 amide bonds. The van der Waals surface area contributed by atoms with Crippen molar-refractivity contribution >= 4 is 10.8 Å². The summed E-state index contributed by atoms with van der Waals surface area (Å²) in [6, 6.07) is 1.57. The van der Waals surface area contributed by atoms with Gasteiger partial charge in [-0.25, -0.2) is 13.2 Å². The molecule has 0 saturated heterocycles. The van der Waals surface area contributed by atoms with Crippen LogP contribution in [0.3, 0.4) is 0 Å². The number of halogens is 3. The van der Waals surface area contributed by atoms with Crippen LogP contribution in [0.1, 0.15) is 0 Å². The van der Waals surface area contributed by atoms with Crippen LogP contribution in [0.25, 0.3) is 10.8 Å². The van der Waals surface area contributed by atoms with E-state index in [9.17, 15) is 18.3 Å². The lowest BCUT2D eigenvalue weighted by Crippen LogP contribution is -1.91. The summed E-state index contributed by atoms with van der Waals surface area (Å²) in [5, 5.41) is 26.1. The standard InChI is InChI=1S/C10H5F3O3/c11-4-2-1-3-5(6(4)12)7(13)9(15)10(16)8(3)14/h1-2,14-16H. The van der Waals surface area contributed by atoms with Crippen molar-refractivity contribution in [1.29, 1.82) is 0 Å². The van der Waals surface area contributed by atoms with Gasteiger partial charge in [0, 0.05) is 5.39 Å². The third kappa shape index (κ3) is 1.16. The number of benzene rings is 2. The van der Waals surface area contributed by atoms with E-state index in [4.69, 9.17) is 10.2 Å². The van der Waals surface area contributed by atoms with Gasteiger partial charge >= 0.3 is 0 Å². The van der Waals surface area contributed by atoms with E-state index in [2.05, 4.69) is 0 Å². The Labute approximate surface area is 87.0 Å². The molecule has 3 nitrogen and oxygen atoms in total. The molecule has 2 rings (SSSR count). The summed E-state index contributed by atoms with van der Waals surface area (Å²) < 4.78 is 39.4. The second kappa shape index (κ2) is 3.19. The number of hydrogen-bond donors (Lipinski definition) is 3. The quantitative estimate of drug-likeness (QED) is 0.609. The second-order valence-corrected chi connectivity index (χ2v) is 3.14. The van der Waals surface area contributed by atoms with Crippen molar-refractivity contribution in [1.82, 2.24) is 0 Å². The Hall–Kier alpha value is -2.11. The molecule has 0 saturated carbocycles. The summed E-state index contributed by atoms with van der Waals surface area (Å²) in [7, 11) is 0. The zero-order valence-electron chi connectivity index (χ0n) is 7.63. The average molecular weight is 230 g/mol. The van der Waals surface area contributed by atoms with Crippen molar-refractivity contribution in [3.63, 3.8) is 0 Å². The van der Waals surface area contributed by atoms with Crippen molar-refractivity contribution in [3.05, 3.63) is 29.6 Å². The zero-order valence-corrected chi connectivity index (χ0v) is 7.63. The Kier molecular flexibility index (Phi) is 2.08. The Bertz CT molecular complexity index is 596. The molecule has 0 radical (unpaired) electrons. The molecule has 16 heavy (non-hydrogen) atoms. The molecule has 0 aliphatic rings. The van der Waals surface area contributed by atoms with Crippen molar-refractivity contribution in [2.45, 2.75) is 0 Å². The predicted octanol–water partition coefficient (Wildman–Crippen LogP) is 2.37. The largest absolute Gasteiger partial charge is 0.504 e. The summed E-state index contributed by atoms with van der Waals surface area (Å²) in [6.07, 6.45) is 0. The minimum Gasteiger partial charge on any atom is -0.504 e. The highest BCUT2D eigenvalue weighted by Gasteiger charge is 2.22. The highest BCUT2D eigenvalue weighted by atomic mass is 19.2. The molecule has 3 N–H and O–H groups in total. The van der Waals surface area contributed by atoms with E-state index in [1.807, 2.05) is 0 Å². The Morgan fingerprint density at radius 2 is 1.38 bits per heavy atom. The van der Waals surface area contributed by atoms with Gasteiger partial charge in [-0.15, -0.1) is 0 Å². The van der Waals surface area contributed by atoms with Crippen molar-refractivity contribution < 1.29 is 28.5 Å². The number of phenolic OH excluding ortho intramolecular Hbond substituents is 3. The molecular formula is C10H5F3O3. The Morgan fingerprint density at radius 1 is 0.750 bits per heavy atom. The van der Waals surface area contributed by atoms with Crippen molar-refractivity contribution in [3.8, 4) is 17.2 Å². The fourth-order valence-corrected chi connectivity index (χ4v) is 1.42. The maximum atomic E-state index is 13.4. The Balaban J connectivity index is 3.09. The fraction of sp³-hybridized carbons (Fsp3) is 0. The lowest BCUT2D eigenvalue weighted by Gasteiger charge is -2.08. The van der Waals surface area contributed by atoms with Crippen LogP contribution in [0.2, 0.25) is 0 Å². The lowest BCUT2D eigenvalue weighted by molar-refractivity contribution is 0.355. The molecule has 0 unspecified atom stereocenters. The monoisotopic (exact) mass is 230 g/mol. The molecule has 0 atom stereocenters. The van der Waals surface area contributed by atoms with E-state index in [1.165, 1.54) is 0 Å². The van der Waals surface area contributed by atoms with Crippen LogP contribution in [0, 0.1) is 17.5 Å². The average Bonchev–Trinajstić information content (AvgIpc) is 2.27. The summed E-state index contributed by atoms with van der Waals surface area (Å²) in [5.41, 5.74) is 0. The minimum atomic E-state index is -1.54. The van der Waals surface area contributed by atoms with Crippen LogP contribution in [0.4, 0.5) is 13.2 Å². The molecule has 0 fully saturated rings. The van der Waals surface area contributed by atoms with E-state index >= 15 is 0 Å². The van der Waals surface area contributed by atoms with Gasteiger partial charge < -0.3 is 15.3 Å². The summed E-state index contributed by atoms with van der Waals surface area (Å²) in [5.74, 6) is -7.74. The number of fused-ring (bicyclic) bond motifs is 1. The van der Waals surface area contributed by atoms with E-state index in [0.29, 0.717) is 6.07 Å². The van der Waals surface area contributed by atoms with Crippen molar-refractivity contribution in [2.24, 2.45) is 0 Å². The molecule has 84 valence electrons. The maximum absolute atomic E-state index is 13.4. The predicted molar refractivity (Wildman–Crippen MR) is 48.8 cm³/mol. The summed E-state index contributed by atoms with van der Waals surface area (Å²) in [6.45, 7) is 0. The van der Waals surface area contributed by atoms with Crippen LogP contribution < -0.4 is 0 Å². The third-order valence-corrected chi connectivity index (χ3v) is 2.23. The van der Waals surface area contributed by atoms with Gasteiger partial charge in [0.05, 0.1) is 5.39 Å². The molecule has 6 heteroatoms. The molecule has 0 spiro atoms.